The lowest BCUT2D eigenvalue weighted by atomic mass is 9.97. The summed E-state index contributed by atoms with van der Waals surface area (Å²) < 4.78 is 25.1. The molecule has 0 unspecified atom stereocenters. The van der Waals surface area contributed by atoms with E-state index in [1.54, 1.807) is 12.3 Å². The first-order valence-electron chi connectivity index (χ1n) is 11.9. The summed E-state index contributed by atoms with van der Waals surface area (Å²) in [6.45, 7) is 5.61. The first-order valence-corrected chi connectivity index (χ1v) is 11.9. The Morgan fingerprint density at radius 1 is 0.714 bits per heavy atom. The van der Waals surface area contributed by atoms with Crippen molar-refractivity contribution >= 4 is 0 Å². The number of ether oxygens (including phenoxy) is 4. The third kappa shape index (κ3) is 7.52. The molecule has 0 radical (unpaired) electrons. The minimum Gasteiger partial charge on any atom is -0.492 e. The summed E-state index contributed by atoms with van der Waals surface area (Å²) in [5.41, 5.74) is 4.21. The summed E-state index contributed by atoms with van der Waals surface area (Å²) in [5.74, 6) is 0. The van der Waals surface area contributed by atoms with E-state index in [4.69, 9.17) is 18.9 Å². The molecule has 0 fully saturated rings. The fraction of sp³-hybridized carbons (Fsp3) is 0.226. The van der Waals surface area contributed by atoms with Crippen molar-refractivity contribution in [2.75, 3.05) is 6.61 Å². The summed E-state index contributed by atoms with van der Waals surface area (Å²) in [7, 11) is 0. The highest BCUT2D eigenvalue weighted by molar-refractivity contribution is 5.28. The molecule has 0 bridgehead atoms. The van der Waals surface area contributed by atoms with Gasteiger partial charge in [-0.3, -0.25) is 0 Å². The van der Waals surface area contributed by atoms with Gasteiger partial charge in [0.15, 0.2) is 0 Å². The molecule has 0 spiro atoms. The lowest BCUT2D eigenvalue weighted by Gasteiger charge is -2.37. The fourth-order valence-corrected chi connectivity index (χ4v) is 3.92. The van der Waals surface area contributed by atoms with Crippen LogP contribution in [0.1, 0.15) is 16.7 Å². The van der Waals surface area contributed by atoms with Crippen LogP contribution in [0.25, 0.3) is 0 Å². The van der Waals surface area contributed by atoms with E-state index in [-0.39, 0.29) is 18.3 Å². The Kier molecular flexibility index (Phi) is 9.48. The molecule has 1 aliphatic rings. The molecule has 0 saturated heterocycles. The molecule has 0 N–H and O–H groups in total. The van der Waals surface area contributed by atoms with Crippen LogP contribution in [0.4, 0.5) is 0 Å². The molecule has 35 heavy (non-hydrogen) atoms. The van der Waals surface area contributed by atoms with E-state index in [9.17, 15) is 0 Å². The topological polar surface area (TPSA) is 36.9 Å². The third-order valence-corrected chi connectivity index (χ3v) is 5.75. The summed E-state index contributed by atoms with van der Waals surface area (Å²) in [6.07, 6.45) is 6.35. The quantitative estimate of drug-likeness (QED) is 0.288. The summed E-state index contributed by atoms with van der Waals surface area (Å²) in [6, 6.07) is 30.4. The highest BCUT2D eigenvalue weighted by Crippen LogP contribution is 2.28. The molecule has 4 heteroatoms. The average molecular weight is 469 g/mol. The molecule has 4 rings (SSSR count). The minimum atomic E-state index is -0.357. The Morgan fingerprint density at radius 3 is 1.83 bits per heavy atom. The normalized spacial score (nSPS) is 19.8. The van der Waals surface area contributed by atoms with Crippen LogP contribution in [0.3, 0.4) is 0 Å². The Labute approximate surface area is 208 Å². The second-order valence-electron chi connectivity index (χ2n) is 8.37. The highest BCUT2D eigenvalue weighted by Gasteiger charge is 2.38. The van der Waals surface area contributed by atoms with Crippen molar-refractivity contribution < 1.29 is 18.9 Å². The van der Waals surface area contributed by atoms with Crippen molar-refractivity contribution in [3.05, 3.63) is 144 Å². The maximum absolute atomic E-state index is 6.47. The van der Waals surface area contributed by atoms with Gasteiger partial charge in [-0.25, -0.2) is 0 Å². The van der Waals surface area contributed by atoms with Gasteiger partial charge in [0.2, 0.25) is 0 Å². The van der Waals surface area contributed by atoms with Gasteiger partial charge in [0.1, 0.15) is 18.3 Å². The van der Waals surface area contributed by atoms with Gasteiger partial charge in [0.05, 0.1) is 32.7 Å². The molecule has 1 aliphatic heterocycles. The van der Waals surface area contributed by atoms with Gasteiger partial charge in [-0.15, -0.1) is 0 Å². The first-order chi connectivity index (χ1) is 17.3. The zero-order valence-electron chi connectivity index (χ0n) is 19.9. The minimum absolute atomic E-state index is 0.316. The molecule has 0 saturated carbocycles. The van der Waals surface area contributed by atoms with Crippen molar-refractivity contribution in [3.8, 4) is 0 Å². The Morgan fingerprint density at radius 2 is 1.26 bits per heavy atom. The summed E-state index contributed by atoms with van der Waals surface area (Å²) in [4.78, 5) is 0. The lowest BCUT2D eigenvalue weighted by molar-refractivity contribution is -0.150. The van der Waals surface area contributed by atoms with E-state index < -0.39 is 0 Å². The molecule has 180 valence electrons. The van der Waals surface area contributed by atoms with Crippen LogP contribution in [-0.4, -0.2) is 24.9 Å². The predicted molar refractivity (Wildman–Crippen MR) is 138 cm³/mol. The predicted octanol–water partition coefficient (Wildman–Crippen LogP) is 6.40. The molecule has 0 amide bonds. The summed E-state index contributed by atoms with van der Waals surface area (Å²) in [5, 5.41) is 0. The number of rotatable bonds is 12. The standard InChI is InChI=1S/C31H32O4/c1-2-3-19-28-23-33-29(24-32-20-25-13-7-4-8-14-25)31(35-22-27-17-11-6-12-18-27)30(28)34-21-26-15-9-5-10-16-26/h2-19,23,29-31H,1,20-22,24H2/b19-3+/t29-,30-,31-/m1/s1. The van der Waals surface area contributed by atoms with Gasteiger partial charge in [-0.05, 0) is 16.7 Å². The second-order valence-corrected chi connectivity index (χ2v) is 8.37. The van der Waals surface area contributed by atoms with Crippen molar-refractivity contribution in [2.45, 2.75) is 38.1 Å². The number of hydrogen-bond donors (Lipinski definition) is 0. The molecular formula is C31H32O4. The molecule has 3 atom stereocenters. The van der Waals surface area contributed by atoms with Gasteiger partial charge in [-0.1, -0.05) is 116 Å². The van der Waals surface area contributed by atoms with Crippen molar-refractivity contribution in [1.29, 1.82) is 0 Å². The molecule has 0 aliphatic carbocycles. The number of benzene rings is 3. The van der Waals surface area contributed by atoms with Gasteiger partial charge < -0.3 is 18.9 Å². The van der Waals surface area contributed by atoms with Crippen molar-refractivity contribution in [1.82, 2.24) is 0 Å². The third-order valence-electron chi connectivity index (χ3n) is 5.75. The van der Waals surface area contributed by atoms with Crippen LogP contribution in [-0.2, 0) is 38.8 Å². The van der Waals surface area contributed by atoms with Crippen LogP contribution >= 0.6 is 0 Å². The smallest absolute Gasteiger partial charge is 0.150 e. The monoisotopic (exact) mass is 468 g/mol. The molecule has 4 nitrogen and oxygen atoms in total. The fourth-order valence-electron chi connectivity index (χ4n) is 3.92. The van der Waals surface area contributed by atoms with Gasteiger partial charge in [0.25, 0.3) is 0 Å². The van der Waals surface area contributed by atoms with E-state index in [1.165, 1.54) is 0 Å². The molecule has 3 aromatic rings. The van der Waals surface area contributed by atoms with E-state index >= 15 is 0 Å². The highest BCUT2D eigenvalue weighted by atomic mass is 16.6. The van der Waals surface area contributed by atoms with E-state index in [2.05, 4.69) is 43.0 Å². The number of allylic oxidation sites excluding steroid dienone is 2. The van der Waals surface area contributed by atoms with Crippen LogP contribution in [0.15, 0.2) is 128 Å². The van der Waals surface area contributed by atoms with E-state index in [1.807, 2.05) is 66.7 Å². The lowest BCUT2D eigenvalue weighted by Crippen LogP contribution is -2.47. The second kappa shape index (κ2) is 13.4. The van der Waals surface area contributed by atoms with Crippen LogP contribution < -0.4 is 0 Å². The molecule has 3 aromatic carbocycles. The molecule has 1 heterocycles. The van der Waals surface area contributed by atoms with Crippen molar-refractivity contribution in [2.24, 2.45) is 0 Å². The van der Waals surface area contributed by atoms with Gasteiger partial charge >= 0.3 is 0 Å². The Hall–Kier alpha value is -3.44. The maximum atomic E-state index is 6.47. The maximum Gasteiger partial charge on any atom is 0.150 e. The Bertz CT molecular complexity index is 1080. The van der Waals surface area contributed by atoms with Crippen LogP contribution in [0, 0.1) is 0 Å². The van der Waals surface area contributed by atoms with E-state index in [0.29, 0.717) is 26.4 Å². The van der Waals surface area contributed by atoms with E-state index in [0.717, 1.165) is 22.3 Å². The first kappa shape index (κ1) is 24.7. The molecule has 0 aromatic heterocycles. The zero-order chi connectivity index (χ0) is 24.1. The largest absolute Gasteiger partial charge is 0.492 e. The van der Waals surface area contributed by atoms with Crippen LogP contribution in [0.2, 0.25) is 0 Å². The molecular weight excluding hydrogens is 436 g/mol. The van der Waals surface area contributed by atoms with Gasteiger partial charge in [-0.2, -0.15) is 0 Å². The van der Waals surface area contributed by atoms with Crippen molar-refractivity contribution in [3.63, 3.8) is 0 Å². The SMILES string of the molecule is C=C/C=C/C1=CO[C@H](COCc2ccccc2)[C@@H](OCc2ccccc2)[C@@H]1OCc1ccccc1. The zero-order valence-corrected chi connectivity index (χ0v) is 19.9. The summed E-state index contributed by atoms with van der Waals surface area (Å²) >= 11 is 0. The average Bonchev–Trinajstić information content (AvgIpc) is 2.92. The number of hydrogen-bond acceptors (Lipinski definition) is 4. The van der Waals surface area contributed by atoms with Gasteiger partial charge in [0, 0.05) is 5.57 Å². The van der Waals surface area contributed by atoms with Crippen LogP contribution in [0.5, 0.6) is 0 Å². The Balaban J connectivity index is 1.52.